The first kappa shape index (κ1) is 29.7. The van der Waals surface area contributed by atoms with Crippen molar-refractivity contribution in [3.8, 4) is 0 Å². The van der Waals surface area contributed by atoms with E-state index in [1.165, 1.54) is 36.0 Å². The van der Waals surface area contributed by atoms with Crippen molar-refractivity contribution in [1.29, 1.82) is 0 Å². The lowest BCUT2D eigenvalue weighted by Crippen LogP contribution is -2.30. The molecule has 0 radical (unpaired) electrons. The number of nitro groups is 1. The van der Waals surface area contributed by atoms with Crippen LogP contribution in [0, 0.1) is 10.1 Å². The maximum Gasteiger partial charge on any atom is 0.276 e. The molecule has 0 aliphatic carbocycles. The number of carbonyl (C=O) groups is 3. The second-order valence-electron chi connectivity index (χ2n) is 8.90. The number of hydrogen-bond donors (Lipinski definition) is 3. The Hall–Kier alpha value is -5.29. The summed E-state index contributed by atoms with van der Waals surface area (Å²) in [6.07, 6.45) is 3.41. The average Bonchev–Trinajstić information content (AvgIpc) is 3.00. The van der Waals surface area contributed by atoms with Crippen LogP contribution in [0.4, 0.5) is 17.2 Å². The topological polar surface area (TPSA) is 143 Å². The predicted molar refractivity (Wildman–Crippen MR) is 163 cm³/mol. The highest BCUT2D eigenvalue weighted by Gasteiger charge is 2.20. The van der Waals surface area contributed by atoms with Crippen LogP contribution in [0.2, 0.25) is 0 Å². The monoisotopic (exact) mass is 581 g/mol. The third kappa shape index (κ3) is 8.12. The average molecular weight is 582 g/mol. The maximum atomic E-state index is 13.4. The number of anilines is 2. The molecule has 0 bridgehead atoms. The molecule has 0 saturated carbocycles. The Morgan fingerprint density at radius 2 is 1.67 bits per heavy atom. The first-order chi connectivity index (χ1) is 20.3. The lowest BCUT2D eigenvalue weighted by atomic mass is 10.1. The molecule has 3 amide bonds. The van der Waals surface area contributed by atoms with Crippen LogP contribution >= 0.6 is 11.8 Å². The van der Waals surface area contributed by atoms with Crippen molar-refractivity contribution < 1.29 is 19.3 Å². The van der Waals surface area contributed by atoms with Crippen LogP contribution in [0.3, 0.4) is 0 Å². The van der Waals surface area contributed by atoms with Gasteiger partial charge in [-0.2, -0.15) is 0 Å². The van der Waals surface area contributed by atoms with Gasteiger partial charge in [0.15, 0.2) is 0 Å². The Morgan fingerprint density at radius 1 is 0.929 bits per heavy atom. The third-order valence-electron chi connectivity index (χ3n) is 5.91. The van der Waals surface area contributed by atoms with E-state index in [2.05, 4.69) is 20.9 Å². The number of nitrogens with zero attached hydrogens (tertiary/aromatic N) is 2. The summed E-state index contributed by atoms with van der Waals surface area (Å²) in [4.78, 5) is 55.0. The SMILES string of the molecule is CCC(Sc1cccc(NC(=O)/C(=C\c2ccccc2[N+](=O)[O-])NC(=O)c2ccccc2)c1)C(=O)Nc1ccccn1. The minimum atomic E-state index is -0.681. The maximum absolute atomic E-state index is 13.4. The Labute approximate surface area is 246 Å². The number of pyridine rings is 1. The molecule has 3 aromatic carbocycles. The molecule has 11 heteroatoms. The molecule has 1 atom stereocenters. The lowest BCUT2D eigenvalue weighted by Gasteiger charge is -2.15. The number of carbonyl (C=O) groups excluding carboxylic acids is 3. The van der Waals surface area contributed by atoms with E-state index in [1.54, 1.807) is 79.0 Å². The van der Waals surface area contributed by atoms with Gasteiger partial charge in [-0.05, 0) is 61.0 Å². The van der Waals surface area contributed by atoms with E-state index in [9.17, 15) is 24.5 Å². The highest BCUT2D eigenvalue weighted by atomic mass is 32.2. The van der Waals surface area contributed by atoms with Gasteiger partial charge in [0.05, 0.1) is 15.7 Å². The summed E-state index contributed by atoms with van der Waals surface area (Å²) in [5, 5.41) is 19.3. The van der Waals surface area contributed by atoms with E-state index < -0.39 is 22.0 Å². The highest BCUT2D eigenvalue weighted by Crippen LogP contribution is 2.29. The van der Waals surface area contributed by atoms with E-state index in [1.807, 2.05) is 13.0 Å². The molecule has 10 nitrogen and oxygen atoms in total. The normalized spacial score (nSPS) is 11.7. The van der Waals surface area contributed by atoms with E-state index in [0.29, 0.717) is 23.5 Å². The van der Waals surface area contributed by atoms with Gasteiger partial charge in [-0.1, -0.05) is 49.4 Å². The van der Waals surface area contributed by atoms with Crippen LogP contribution in [-0.4, -0.2) is 32.9 Å². The van der Waals surface area contributed by atoms with Gasteiger partial charge in [-0.15, -0.1) is 11.8 Å². The highest BCUT2D eigenvalue weighted by molar-refractivity contribution is 8.00. The van der Waals surface area contributed by atoms with Crippen LogP contribution in [0.25, 0.3) is 6.08 Å². The van der Waals surface area contributed by atoms with E-state index in [0.717, 1.165) is 4.90 Å². The quantitative estimate of drug-likeness (QED) is 0.0865. The van der Waals surface area contributed by atoms with Gasteiger partial charge >= 0.3 is 0 Å². The summed E-state index contributed by atoms with van der Waals surface area (Å²) >= 11 is 1.33. The molecule has 1 aromatic heterocycles. The number of aromatic nitrogens is 1. The number of rotatable bonds is 11. The zero-order valence-electron chi connectivity index (χ0n) is 22.5. The summed E-state index contributed by atoms with van der Waals surface area (Å²) in [5.41, 5.74) is 0.469. The van der Waals surface area contributed by atoms with Crippen molar-refractivity contribution in [1.82, 2.24) is 10.3 Å². The van der Waals surface area contributed by atoms with Gasteiger partial charge in [0.25, 0.3) is 17.5 Å². The third-order valence-corrected chi connectivity index (χ3v) is 7.27. The Morgan fingerprint density at radius 3 is 2.38 bits per heavy atom. The fourth-order valence-electron chi connectivity index (χ4n) is 3.85. The molecule has 0 aliphatic heterocycles. The van der Waals surface area contributed by atoms with Gasteiger partial charge in [0.2, 0.25) is 5.91 Å². The van der Waals surface area contributed by atoms with Gasteiger partial charge in [-0.25, -0.2) is 4.98 Å². The van der Waals surface area contributed by atoms with Crippen LogP contribution in [-0.2, 0) is 9.59 Å². The predicted octanol–water partition coefficient (Wildman–Crippen LogP) is 5.91. The molecule has 0 aliphatic rings. The zero-order chi connectivity index (χ0) is 29.9. The van der Waals surface area contributed by atoms with Gasteiger partial charge in [-0.3, -0.25) is 24.5 Å². The minimum absolute atomic E-state index is 0.148. The second-order valence-corrected chi connectivity index (χ2v) is 10.2. The molecule has 0 saturated heterocycles. The first-order valence-electron chi connectivity index (χ1n) is 13.0. The van der Waals surface area contributed by atoms with Gasteiger partial charge in [0, 0.05) is 28.4 Å². The zero-order valence-corrected chi connectivity index (χ0v) is 23.3. The number of nitrogens with one attached hydrogen (secondary N) is 3. The van der Waals surface area contributed by atoms with Crippen LogP contribution in [0.1, 0.15) is 29.3 Å². The summed E-state index contributed by atoms with van der Waals surface area (Å²) in [6.45, 7) is 1.90. The van der Waals surface area contributed by atoms with Crippen LogP contribution < -0.4 is 16.0 Å². The number of thioether (sulfide) groups is 1. The molecule has 0 fully saturated rings. The summed E-state index contributed by atoms with van der Waals surface area (Å²) in [7, 11) is 0. The molecule has 1 heterocycles. The van der Waals surface area contributed by atoms with Crippen molar-refractivity contribution in [3.05, 3.63) is 130 Å². The summed E-state index contributed by atoms with van der Waals surface area (Å²) in [6, 6.07) is 26.4. The number of benzene rings is 3. The molecule has 3 N–H and O–H groups in total. The van der Waals surface area contributed by atoms with Crippen molar-refractivity contribution in [3.63, 3.8) is 0 Å². The molecular formula is C31H27N5O5S. The van der Waals surface area contributed by atoms with Crippen molar-refractivity contribution in [2.45, 2.75) is 23.5 Å². The first-order valence-corrected chi connectivity index (χ1v) is 13.8. The fourth-order valence-corrected chi connectivity index (χ4v) is 4.86. The van der Waals surface area contributed by atoms with Crippen molar-refractivity contribution >= 4 is 52.8 Å². The molecule has 4 aromatic rings. The molecular weight excluding hydrogens is 554 g/mol. The number of nitro benzene ring substituents is 1. The molecule has 212 valence electrons. The Kier molecular flexibility index (Phi) is 10.2. The summed E-state index contributed by atoms with van der Waals surface area (Å²) < 4.78 is 0. The number of amides is 3. The largest absolute Gasteiger partial charge is 0.321 e. The number of para-hydroxylation sites is 1. The lowest BCUT2D eigenvalue weighted by molar-refractivity contribution is -0.385. The number of hydrogen-bond acceptors (Lipinski definition) is 7. The molecule has 42 heavy (non-hydrogen) atoms. The second kappa shape index (κ2) is 14.4. The standard InChI is InChI=1S/C31H27N5O5S/c1-2-27(31(39)35-28-17-8-9-18-32-28)42-24-15-10-14-23(20-24)33-30(38)25(34-29(37)21-11-4-3-5-12-21)19-22-13-6-7-16-26(22)36(40)41/h3-20,27H,2H2,1H3,(H,33,38)(H,34,37)(H,32,35,39)/b25-19+. The van der Waals surface area contributed by atoms with Gasteiger partial charge in [0.1, 0.15) is 11.5 Å². The van der Waals surface area contributed by atoms with Crippen LogP contribution in [0.5, 0.6) is 0 Å². The Bertz CT molecular complexity index is 1610. The van der Waals surface area contributed by atoms with Crippen molar-refractivity contribution in [2.75, 3.05) is 10.6 Å². The van der Waals surface area contributed by atoms with Crippen LogP contribution in [0.15, 0.2) is 114 Å². The Balaban J connectivity index is 1.55. The van der Waals surface area contributed by atoms with E-state index in [4.69, 9.17) is 0 Å². The molecule has 0 spiro atoms. The van der Waals surface area contributed by atoms with E-state index >= 15 is 0 Å². The smallest absolute Gasteiger partial charge is 0.276 e. The minimum Gasteiger partial charge on any atom is -0.321 e. The summed E-state index contributed by atoms with van der Waals surface area (Å²) in [5.74, 6) is -0.976. The fraction of sp³-hybridized carbons (Fsp3) is 0.0968. The van der Waals surface area contributed by atoms with Crippen molar-refractivity contribution in [2.24, 2.45) is 0 Å². The van der Waals surface area contributed by atoms with Gasteiger partial charge < -0.3 is 16.0 Å². The molecule has 4 rings (SSSR count). The van der Waals surface area contributed by atoms with E-state index in [-0.39, 0.29) is 22.9 Å². The molecule has 1 unspecified atom stereocenters.